The summed E-state index contributed by atoms with van der Waals surface area (Å²) in [7, 11) is 0. The van der Waals surface area contributed by atoms with Crippen molar-refractivity contribution in [2.45, 2.75) is 83.4 Å². The van der Waals surface area contributed by atoms with Gasteiger partial charge in [-0.2, -0.15) is 0 Å². The van der Waals surface area contributed by atoms with Crippen LogP contribution in [0, 0.1) is 5.92 Å². The number of esters is 1. The lowest BCUT2D eigenvalue weighted by atomic mass is 9.76. The van der Waals surface area contributed by atoms with Gasteiger partial charge >= 0.3 is 5.97 Å². The molecule has 1 aromatic rings. The molecule has 4 heteroatoms. The third-order valence-corrected chi connectivity index (χ3v) is 5.78. The van der Waals surface area contributed by atoms with Crippen molar-refractivity contribution in [3.05, 3.63) is 35.9 Å². The van der Waals surface area contributed by atoms with Gasteiger partial charge in [0.25, 0.3) is 0 Å². The molecule has 1 saturated carbocycles. The number of hydrogen-bond donors (Lipinski definition) is 0. The minimum Gasteiger partial charge on any atom is -0.460 e. The Morgan fingerprint density at radius 2 is 1.88 bits per heavy atom. The Morgan fingerprint density at radius 3 is 2.58 bits per heavy atom. The molecule has 3 rings (SSSR count). The van der Waals surface area contributed by atoms with Gasteiger partial charge in [0.05, 0.1) is 6.42 Å². The maximum Gasteiger partial charge on any atom is 0.306 e. The van der Waals surface area contributed by atoms with Gasteiger partial charge in [-0.3, -0.25) is 9.59 Å². The molecule has 1 spiro atoms. The Morgan fingerprint density at radius 1 is 1.19 bits per heavy atom. The Kier molecular flexibility index (Phi) is 5.40. The fourth-order valence-corrected chi connectivity index (χ4v) is 4.76. The standard InChI is InChI=1S/C22H31NO3/c1-21(2,3)26-20(25)15-18-11-7-13-22(18)14-8-12-19(24)23(22)16-17-9-5-4-6-10-17/h4-6,9-10,18H,7-8,11-16H2,1-3H3/t18-,22-/m1/s1. The molecule has 26 heavy (non-hydrogen) atoms. The van der Waals surface area contributed by atoms with Crippen LogP contribution in [0.4, 0.5) is 0 Å². The van der Waals surface area contributed by atoms with Crippen LogP contribution in [0.5, 0.6) is 0 Å². The quantitative estimate of drug-likeness (QED) is 0.747. The first-order chi connectivity index (χ1) is 12.3. The molecule has 1 amide bonds. The Bertz CT molecular complexity index is 649. The molecule has 1 aromatic carbocycles. The molecule has 2 aliphatic rings. The van der Waals surface area contributed by atoms with Crippen LogP contribution in [0.25, 0.3) is 0 Å². The van der Waals surface area contributed by atoms with Crippen molar-refractivity contribution in [3.8, 4) is 0 Å². The molecule has 142 valence electrons. The van der Waals surface area contributed by atoms with E-state index < -0.39 is 5.60 Å². The number of benzene rings is 1. The summed E-state index contributed by atoms with van der Waals surface area (Å²) >= 11 is 0. The summed E-state index contributed by atoms with van der Waals surface area (Å²) in [6.07, 6.45) is 6.03. The summed E-state index contributed by atoms with van der Waals surface area (Å²) < 4.78 is 5.57. The molecule has 4 nitrogen and oxygen atoms in total. The van der Waals surface area contributed by atoms with Crippen LogP contribution in [0.3, 0.4) is 0 Å². The van der Waals surface area contributed by atoms with E-state index in [2.05, 4.69) is 17.0 Å². The number of carbonyl (C=O) groups excluding carboxylic acids is 2. The summed E-state index contributed by atoms with van der Waals surface area (Å²) in [6, 6.07) is 10.2. The average Bonchev–Trinajstić information content (AvgIpc) is 2.93. The molecule has 0 aromatic heterocycles. The van der Waals surface area contributed by atoms with Gasteiger partial charge in [0.2, 0.25) is 5.91 Å². The van der Waals surface area contributed by atoms with Gasteiger partial charge in [-0.1, -0.05) is 36.8 Å². The van der Waals surface area contributed by atoms with Crippen molar-refractivity contribution >= 4 is 11.9 Å². The zero-order valence-corrected chi connectivity index (χ0v) is 16.3. The van der Waals surface area contributed by atoms with Gasteiger partial charge in [-0.25, -0.2) is 0 Å². The number of amides is 1. The molecule has 1 aliphatic carbocycles. The molecule has 1 aliphatic heterocycles. The SMILES string of the molecule is CC(C)(C)OC(=O)C[C@H]1CCC[C@@]12CCCC(=O)N2Cc1ccccc1. The van der Waals surface area contributed by atoms with E-state index in [4.69, 9.17) is 4.74 Å². The zero-order chi connectivity index (χ0) is 18.8. The van der Waals surface area contributed by atoms with Gasteiger partial charge in [-0.15, -0.1) is 0 Å². The summed E-state index contributed by atoms with van der Waals surface area (Å²) in [6.45, 7) is 6.36. The Balaban J connectivity index is 1.81. The first kappa shape index (κ1) is 18.9. The fraction of sp³-hybridized carbons (Fsp3) is 0.636. The van der Waals surface area contributed by atoms with Crippen molar-refractivity contribution in [1.82, 2.24) is 4.90 Å². The summed E-state index contributed by atoms with van der Waals surface area (Å²) in [5.41, 5.74) is 0.516. The number of piperidine rings is 1. The topological polar surface area (TPSA) is 46.6 Å². The molecular weight excluding hydrogens is 326 g/mol. The van der Waals surface area contributed by atoms with E-state index in [1.807, 2.05) is 39.0 Å². The largest absolute Gasteiger partial charge is 0.460 e. The van der Waals surface area contributed by atoms with E-state index in [0.717, 1.165) is 37.7 Å². The van der Waals surface area contributed by atoms with Crippen molar-refractivity contribution in [1.29, 1.82) is 0 Å². The average molecular weight is 357 g/mol. The third kappa shape index (κ3) is 4.11. The van der Waals surface area contributed by atoms with Crippen LogP contribution in [-0.2, 0) is 20.9 Å². The zero-order valence-electron chi connectivity index (χ0n) is 16.3. The molecule has 1 saturated heterocycles. The summed E-state index contributed by atoms with van der Waals surface area (Å²) in [5.74, 6) is 0.294. The predicted octanol–water partition coefficient (Wildman–Crippen LogP) is 4.47. The number of carbonyl (C=O) groups is 2. The Hall–Kier alpha value is -1.84. The predicted molar refractivity (Wildman–Crippen MR) is 101 cm³/mol. The van der Waals surface area contributed by atoms with E-state index in [1.54, 1.807) is 0 Å². The van der Waals surface area contributed by atoms with Gasteiger partial charge in [-0.05, 0) is 57.9 Å². The number of likely N-dealkylation sites (tertiary alicyclic amines) is 1. The normalized spacial score (nSPS) is 26.3. The maximum atomic E-state index is 12.8. The van der Waals surface area contributed by atoms with E-state index in [1.165, 1.54) is 0 Å². The molecule has 2 atom stereocenters. The lowest BCUT2D eigenvalue weighted by Crippen LogP contribution is -2.56. The van der Waals surface area contributed by atoms with E-state index in [0.29, 0.717) is 19.4 Å². The van der Waals surface area contributed by atoms with Crippen molar-refractivity contribution < 1.29 is 14.3 Å². The van der Waals surface area contributed by atoms with Gasteiger partial charge < -0.3 is 9.64 Å². The maximum absolute atomic E-state index is 12.8. The fourth-order valence-electron chi connectivity index (χ4n) is 4.76. The van der Waals surface area contributed by atoms with E-state index in [9.17, 15) is 9.59 Å². The Labute approximate surface area is 156 Å². The van der Waals surface area contributed by atoms with Crippen LogP contribution < -0.4 is 0 Å². The van der Waals surface area contributed by atoms with Crippen molar-refractivity contribution in [2.75, 3.05) is 0 Å². The van der Waals surface area contributed by atoms with Gasteiger partial charge in [0.1, 0.15) is 5.60 Å². The smallest absolute Gasteiger partial charge is 0.306 e. The number of hydrogen-bond acceptors (Lipinski definition) is 3. The monoisotopic (exact) mass is 357 g/mol. The first-order valence-electron chi connectivity index (χ1n) is 9.86. The second-order valence-electron chi connectivity index (χ2n) is 8.80. The first-order valence-corrected chi connectivity index (χ1v) is 9.86. The van der Waals surface area contributed by atoms with Crippen LogP contribution in [0.15, 0.2) is 30.3 Å². The van der Waals surface area contributed by atoms with Crippen LogP contribution in [-0.4, -0.2) is 27.9 Å². The van der Waals surface area contributed by atoms with Crippen molar-refractivity contribution in [3.63, 3.8) is 0 Å². The second-order valence-corrected chi connectivity index (χ2v) is 8.80. The minimum absolute atomic E-state index is 0.138. The van der Waals surface area contributed by atoms with Gasteiger partial charge in [0.15, 0.2) is 0 Å². The molecule has 0 radical (unpaired) electrons. The molecule has 0 bridgehead atoms. The molecule has 2 fully saturated rings. The molecule has 1 heterocycles. The molecule has 0 unspecified atom stereocenters. The summed E-state index contributed by atoms with van der Waals surface area (Å²) in [5, 5.41) is 0. The van der Waals surface area contributed by atoms with E-state index in [-0.39, 0.29) is 23.3 Å². The van der Waals surface area contributed by atoms with Crippen LogP contribution in [0.1, 0.15) is 71.3 Å². The molecule has 0 N–H and O–H groups in total. The highest BCUT2D eigenvalue weighted by atomic mass is 16.6. The second kappa shape index (κ2) is 7.42. The highest BCUT2D eigenvalue weighted by Gasteiger charge is 2.51. The highest BCUT2D eigenvalue weighted by molar-refractivity contribution is 5.78. The number of nitrogens with zero attached hydrogens (tertiary/aromatic N) is 1. The lowest BCUT2D eigenvalue weighted by Gasteiger charge is -2.49. The summed E-state index contributed by atoms with van der Waals surface area (Å²) in [4.78, 5) is 27.4. The van der Waals surface area contributed by atoms with Crippen LogP contribution in [0.2, 0.25) is 0 Å². The number of rotatable bonds is 4. The minimum atomic E-state index is -0.463. The van der Waals surface area contributed by atoms with Crippen LogP contribution >= 0.6 is 0 Å². The van der Waals surface area contributed by atoms with Crippen molar-refractivity contribution in [2.24, 2.45) is 5.92 Å². The third-order valence-electron chi connectivity index (χ3n) is 5.78. The molecular formula is C22H31NO3. The van der Waals surface area contributed by atoms with E-state index >= 15 is 0 Å². The lowest BCUT2D eigenvalue weighted by molar-refractivity contribution is -0.160. The highest BCUT2D eigenvalue weighted by Crippen LogP contribution is 2.48. The number of ether oxygens (including phenoxy) is 1. The van der Waals surface area contributed by atoms with Gasteiger partial charge in [0, 0.05) is 18.5 Å².